The molecule has 6 heteroatoms. The van der Waals surface area contributed by atoms with Crippen molar-refractivity contribution in [3.05, 3.63) is 41.0 Å². The van der Waals surface area contributed by atoms with E-state index in [9.17, 15) is 4.79 Å². The molecule has 5 nitrogen and oxygen atoms in total. The number of hydrogen-bond acceptors (Lipinski definition) is 5. The number of fused-ring (bicyclic) bond motifs is 2. The summed E-state index contributed by atoms with van der Waals surface area (Å²) in [6.07, 6.45) is 5.76. The SMILES string of the molecule is O=C(c1cscn1)N1[C@H]2CC[C@H]1CC(Oc1ccccn1)C2. The van der Waals surface area contributed by atoms with E-state index in [1.807, 2.05) is 28.5 Å². The fourth-order valence-electron chi connectivity index (χ4n) is 3.59. The maximum atomic E-state index is 12.6. The predicted molar refractivity (Wildman–Crippen MR) is 83.0 cm³/mol. The van der Waals surface area contributed by atoms with E-state index in [2.05, 4.69) is 9.97 Å². The number of nitrogens with zero attached hydrogens (tertiary/aromatic N) is 3. The van der Waals surface area contributed by atoms with Crippen molar-refractivity contribution < 1.29 is 9.53 Å². The summed E-state index contributed by atoms with van der Waals surface area (Å²) in [4.78, 5) is 23.0. The summed E-state index contributed by atoms with van der Waals surface area (Å²) in [6, 6.07) is 6.22. The predicted octanol–water partition coefficient (Wildman–Crippen LogP) is 2.75. The van der Waals surface area contributed by atoms with Crippen LogP contribution in [-0.4, -0.2) is 39.0 Å². The van der Waals surface area contributed by atoms with Gasteiger partial charge in [0.1, 0.15) is 11.8 Å². The van der Waals surface area contributed by atoms with Crippen LogP contribution in [-0.2, 0) is 0 Å². The van der Waals surface area contributed by atoms with Crippen molar-refractivity contribution in [2.45, 2.75) is 43.9 Å². The Kier molecular flexibility index (Phi) is 3.54. The number of aromatic nitrogens is 2. The van der Waals surface area contributed by atoms with Gasteiger partial charge in [-0.15, -0.1) is 11.3 Å². The summed E-state index contributed by atoms with van der Waals surface area (Å²) in [6.45, 7) is 0. The molecule has 22 heavy (non-hydrogen) atoms. The third-order valence-corrected chi connectivity index (χ3v) is 5.09. The Morgan fingerprint density at radius 2 is 2.05 bits per heavy atom. The minimum absolute atomic E-state index is 0.0741. The van der Waals surface area contributed by atoms with Crippen LogP contribution < -0.4 is 4.74 Å². The lowest BCUT2D eigenvalue weighted by Gasteiger charge is -2.38. The van der Waals surface area contributed by atoms with E-state index in [-0.39, 0.29) is 24.1 Å². The fraction of sp³-hybridized carbons (Fsp3) is 0.438. The molecule has 0 unspecified atom stereocenters. The van der Waals surface area contributed by atoms with E-state index < -0.39 is 0 Å². The second-order valence-electron chi connectivity index (χ2n) is 5.85. The van der Waals surface area contributed by atoms with Crippen LogP contribution in [0.25, 0.3) is 0 Å². The van der Waals surface area contributed by atoms with E-state index in [1.54, 1.807) is 11.7 Å². The minimum atomic E-state index is 0.0741. The molecule has 2 aromatic heterocycles. The molecule has 4 heterocycles. The number of thiazole rings is 1. The Hall–Kier alpha value is -1.95. The molecule has 2 aliphatic rings. The van der Waals surface area contributed by atoms with Gasteiger partial charge in [0.2, 0.25) is 5.88 Å². The van der Waals surface area contributed by atoms with Gasteiger partial charge in [0.25, 0.3) is 5.91 Å². The molecule has 0 spiro atoms. The van der Waals surface area contributed by atoms with Gasteiger partial charge in [0.15, 0.2) is 0 Å². The molecule has 0 aromatic carbocycles. The first kappa shape index (κ1) is 13.7. The molecule has 2 aromatic rings. The Balaban J connectivity index is 1.47. The first-order valence-corrected chi connectivity index (χ1v) is 8.54. The normalized spacial score (nSPS) is 26.9. The van der Waals surface area contributed by atoms with Crippen molar-refractivity contribution in [1.29, 1.82) is 0 Å². The Bertz CT molecular complexity index is 633. The first-order chi connectivity index (χ1) is 10.8. The van der Waals surface area contributed by atoms with Crippen LogP contribution in [0.3, 0.4) is 0 Å². The smallest absolute Gasteiger partial charge is 0.273 e. The largest absolute Gasteiger partial charge is 0.474 e. The van der Waals surface area contributed by atoms with Crippen LogP contribution >= 0.6 is 11.3 Å². The van der Waals surface area contributed by atoms with Gasteiger partial charge in [-0.3, -0.25) is 4.79 Å². The fourth-order valence-corrected chi connectivity index (χ4v) is 4.12. The first-order valence-electron chi connectivity index (χ1n) is 7.60. The molecule has 2 fully saturated rings. The third-order valence-electron chi connectivity index (χ3n) is 4.50. The van der Waals surface area contributed by atoms with Gasteiger partial charge in [-0.25, -0.2) is 9.97 Å². The summed E-state index contributed by atoms with van der Waals surface area (Å²) < 4.78 is 5.99. The van der Waals surface area contributed by atoms with Crippen LogP contribution in [0.5, 0.6) is 5.88 Å². The van der Waals surface area contributed by atoms with Gasteiger partial charge >= 0.3 is 0 Å². The number of carbonyl (C=O) groups excluding carboxylic acids is 1. The zero-order valence-corrected chi connectivity index (χ0v) is 12.9. The number of ether oxygens (including phenoxy) is 1. The molecule has 2 bridgehead atoms. The zero-order chi connectivity index (χ0) is 14.9. The number of pyridine rings is 1. The lowest BCUT2D eigenvalue weighted by molar-refractivity contribution is 0.0344. The van der Waals surface area contributed by atoms with E-state index >= 15 is 0 Å². The highest BCUT2D eigenvalue weighted by molar-refractivity contribution is 7.07. The molecule has 114 valence electrons. The van der Waals surface area contributed by atoms with Crippen LogP contribution in [0.1, 0.15) is 36.2 Å². The maximum absolute atomic E-state index is 12.6. The molecular formula is C16H17N3O2S. The van der Waals surface area contributed by atoms with Crippen LogP contribution in [0.4, 0.5) is 0 Å². The summed E-state index contributed by atoms with van der Waals surface area (Å²) in [7, 11) is 0. The van der Waals surface area contributed by atoms with Gasteiger partial charge in [0.05, 0.1) is 5.51 Å². The summed E-state index contributed by atoms with van der Waals surface area (Å²) in [5.41, 5.74) is 2.29. The minimum Gasteiger partial charge on any atom is -0.474 e. The topological polar surface area (TPSA) is 55.3 Å². The molecular weight excluding hydrogens is 298 g/mol. The highest BCUT2D eigenvalue weighted by atomic mass is 32.1. The molecule has 4 rings (SSSR count). The van der Waals surface area contributed by atoms with Crippen molar-refractivity contribution in [2.75, 3.05) is 0 Å². The van der Waals surface area contributed by atoms with Gasteiger partial charge in [0, 0.05) is 42.6 Å². The number of amides is 1. The van der Waals surface area contributed by atoms with Crippen molar-refractivity contribution in [1.82, 2.24) is 14.9 Å². The number of hydrogen-bond donors (Lipinski definition) is 0. The second kappa shape index (κ2) is 5.68. The molecule has 0 aliphatic carbocycles. The summed E-state index contributed by atoms with van der Waals surface area (Å²) in [5, 5.41) is 1.83. The van der Waals surface area contributed by atoms with Crippen molar-refractivity contribution in [2.24, 2.45) is 0 Å². The number of carbonyl (C=O) groups is 1. The molecule has 1 amide bonds. The summed E-state index contributed by atoms with van der Waals surface area (Å²) >= 11 is 1.47. The molecule has 2 saturated heterocycles. The third kappa shape index (κ3) is 2.47. The zero-order valence-electron chi connectivity index (χ0n) is 12.1. The second-order valence-corrected chi connectivity index (χ2v) is 6.57. The molecule has 0 radical (unpaired) electrons. The van der Waals surface area contributed by atoms with Crippen molar-refractivity contribution in [3.63, 3.8) is 0 Å². The van der Waals surface area contributed by atoms with Crippen molar-refractivity contribution in [3.8, 4) is 5.88 Å². The van der Waals surface area contributed by atoms with Crippen LogP contribution in [0, 0.1) is 0 Å². The van der Waals surface area contributed by atoms with E-state index in [4.69, 9.17) is 4.74 Å². The van der Waals surface area contributed by atoms with Gasteiger partial charge in [-0.05, 0) is 18.9 Å². The molecule has 2 atom stereocenters. The van der Waals surface area contributed by atoms with Gasteiger partial charge in [-0.2, -0.15) is 0 Å². The highest BCUT2D eigenvalue weighted by Gasteiger charge is 2.44. The summed E-state index contributed by atoms with van der Waals surface area (Å²) in [5.74, 6) is 0.746. The van der Waals surface area contributed by atoms with E-state index in [0.29, 0.717) is 11.6 Å². The number of piperidine rings is 1. The van der Waals surface area contributed by atoms with Crippen LogP contribution in [0.2, 0.25) is 0 Å². The van der Waals surface area contributed by atoms with Gasteiger partial charge < -0.3 is 9.64 Å². The lowest BCUT2D eigenvalue weighted by atomic mass is 9.99. The Morgan fingerprint density at radius 1 is 1.23 bits per heavy atom. The molecule has 2 aliphatic heterocycles. The van der Waals surface area contributed by atoms with Crippen molar-refractivity contribution >= 4 is 17.2 Å². The quantitative estimate of drug-likeness (QED) is 0.874. The van der Waals surface area contributed by atoms with E-state index in [0.717, 1.165) is 25.7 Å². The molecule has 0 N–H and O–H groups in total. The van der Waals surface area contributed by atoms with E-state index in [1.165, 1.54) is 11.3 Å². The van der Waals surface area contributed by atoms with Gasteiger partial charge in [-0.1, -0.05) is 6.07 Å². The number of rotatable bonds is 3. The average molecular weight is 315 g/mol. The Labute approximate surface area is 133 Å². The molecule has 0 saturated carbocycles. The average Bonchev–Trinajstić information content (AvgIpc) is 3.15. The van der Waals surface area contributed by atoms with Crippen LogP contribution in [0.15, 0.2) is 35.3 Å². The lowest BCUT2D eigenvalue weighted by Crippen LogP contribution is -2.49. The maximum Gasteiger partial charge on any atom is 0.273 e. The highest BCUT2D eigenvalue weighted by Crippen LogP contribution is 2.38. The monoisotopic (exact) mass is 315 g/mol. The Morgan fingerprint density at radius 3 is 2.68 bits per heavy atom. The standard InChI is InChI=1S/C16H17N3O2S/c20-16(14-9-22-10-18-14)19-11-4-5-12(19)8-13(7-11)21-15-3-1-2-6-17-15/h1-3,6,9-13H,4-5,7-8H2/t11-,12-/m0/s1.